The third-order valence-electron chi connectivity index (χ3n) is 6.76. The van der Waals surface area contributed by atoms with Gasteiger partial charge in [0.15, 0.2) is 5.78 Å². The molecule has 0 N–H and O–H groups in total. The minimum Gasteiger partial charge on any atom is -0.292 e. The second kappa shape index (κ2) is 9.10. The zero-order valence-electron chi connectivity index (χ0n) is 19.0. The molecule has 1 aliphatic carbocycles. The molecule has 2 aliphatic rings. The van der Waals surface area contributed by atoms with Crippen LogP contribution in [0.5, 0.6) is 0 Å². The van der Waals surface area contributed by atoms with Crippen molar-refractivity contribution in [2.24, 2.45) is 17.8 Å². The second-order valence-electron chi connectivity index (χ2n) is 9.18. The van der Waals surface area contributed by atoms with Crippen LogP contribution in [0.1, 0.15) is 59.4 Å². The smallest absolute Gasteiger partial charge is 0.273 e. The number of halogens is 1. The first kappa shape index (κ1) is 23.2. The molecule has 1 saturated carbocycles. The van der Waals surface area contributed by atoms with E-state index in [1.165, 1.54) is 12.1 Å². The Hall–Kier alpha value is -2.99. The maximum absolute atomic E-state index is 13.6. The number of carbonyl (C=O) groups excluding carboxylic acids is 4. The zero-order chi connectivity index (χ0) is 23.9. The van der Waals surface area contributed by atoms with E-state index in [4.69, 9.17) is 11.6 Å². The lowest BCUT2D eigenvalue weighted by Gasteiger charge is -2.34. The molecular formula is C26H27ClN2O4. The van der Waals surface area contributed by atoms with E-state index >= 15 is 0 Å². The number of hydrogen-bond acceptors (Lipinski definition) is 4. The van der Waals surface area contributed by atoms with E-state index in [9.17, 15) is 19.2 Å². The second-order valence-corrected chi connectivity index (χ2v) is 9.62. The molecule has 1 aliphatic heterocycles. The summed E-state index contributed by atoms with van der Waals surface area (Å²) in [7, 11) is 0. The van der Waals surface area contributed by atoms with Crippen molar-refractivity contribution in [3.05, 3.63) is 70.2 Å². The Labute approximate surface area is 198 Å². The number of hydrogen-bond donors (Lipinski definition) is 0. The average molecular weight is 467 g/mol. The Balaban J connectivity index is 1.74. The van der Waals surface area contributed by atoms with E-state index in [2.05, 4.69) is 6.92 Å². The molecule has 2 aromatic rings. The van der Waals surface area contributed by atoms with Crippen molar-refractivity contribution in [3.8, 4) is 0 Å². The molecule has 6 nitrogen and oxygen atoms in total. The Morgan fingerprint density at radius 2 is 1.52 bits per heavy atom. The van der Waals surface area contributed by atoms with Gasteiger partial charge >= 0.3 is 0 Å². The van der Waals surface area contributed by atoms with Crippen LogP contribution in [0.15, 0.2) is 48.5 Å². The summed E-state index contributed by atoms with van der Waals surface area (Å²) in [6, 6.07) is 12.1. The molecule has 0 spiro atoms. The van der Waals surface area contributed by atoms with Crippen molar-refractivity contribution in [1.29, 1.82) is 0 Å². The number of Topliss-reactive ketones (excluding diaryl/α,β-unsaturated/α-hetero) is 1. The van der Waals surface area contributed by atoms with Gasteiger partial charge in [-0.1, -0.05) is 48.4 Å². The summed E-state index contributed by atoms with van der Waals surface area (Å²) in [5.74, 6) is -2.31. The van der Waals surface area contributed by atoms with Gasteiger partial charge < -0.3 is 0 Å². The summed E-state index contributed by atoms with van der Waals surface area (Å²) >= 11 is 5.97. The first-order valence-corrected chi connectivity index (χ1v) is 11.6. The number of fused-ring (bicyclic) bond motifs is 1. The molecule has 4 atom stereocenters. The number of nitrogens with zero attached hydrogens (tertiary/aromatic N) is 2. The summed E-state index contributed by atoms with van der Waals surface area (Å²) in [4.78, 5) is 53.8. The van der Waals surface area contributed by atoms with E-state index < -0.39 is 35.6 Å². The highest BCUT2D eigenvalue weighted by Gasteiger charge is 2.53. The molecule has 1 saturated heterocycles. The fraction of sp³-hybridized carbons (Fsp3) is 0.385. The topological polar surface area (TPSA) is 74.8 Å². The van der Waals surface area contributed by atoms with Crippen molar-refractivity contribution >= 4 is 35.1 Å². The molecule has 2 aromatic carbocycles. The van der Waals surface area contributed by atoms with Gasteiger partial charge in [-0.05, 0) is 63.3 Å². The van der Waals surface area contributed by atoms with Crippen molar-refractivity contribution < 1.29 is 19.2 Å². The standard InChI is InChI=1S/C26H27ClN2O4/c1-15-4-7-18(8-5-15)23(30)17(3)28(24(31)19-9-11-20(27)12-10-19)29-25(32)21-13-6-16(2)14-22(21)26(29)33/h4-5,7-12,16-17,21-22H,6,13-14H2,1-3H3/t16-,17+,21-,22-/m1/s1. The van der Waals surface area contributed by atoms with Crippen LogP contribution in [0.4, 0.5) is 0 Å². The van der Waals surface area contributed by atoms with Crippen molar-refractivity contribution in [2.75, 3.05) is 0 Å². The van der Waals surface area contributed by atoms with Crippen molar-refractivity contribution in [3.63, 3.8) is 0 Å². The van der Waals surface area contributed by atoms with Gasteiger partial charge in [-0.25, -0.2) is 5.01 Å². The van der Waals surface area contributed by atoms with Crippen LogP contribution >= 0.6 is 11.6 Å². The number of amides is 3. The third-order valence-corrected chi connectivity index (χ3v) is 7.01. The van der Waals surface area contributed by atoms with E-state index in [1.54, 1.807) is 31.2 Å². The van der Waals surface area contributed by atoms with Crippen LogP contribution in [0.25, 0.3) is 0 Å². The fourth-order valence-corrected chi connectivity index (χ4v) is 4.95. The van der Waals surface area contributed by atoms with Gasteiger partial charge in [-0.15, -0.1) is 0 Å². The zero-order valence-corrected chi connectivity index (χ0v) is 19.7. The van der Waals surface area contributed by atoms with Crippen molar-refractivity contribution in [1.82, 2.24) is 10.0 Å². The third kappa shape index (κ3) is 4.32. The molecule has 0 bridgehead atoms. The predicted molar refractivity (Wildman–Crippen MR) is 124 cm³/mol. The minimum atomic E-state index is -1.05. The number of ketones is 1. The van der Waals surface area contributed by atoms with Gasteiger partial charge in [0.2, 0.25) is 0 Å². The van der Waals surface area contributed by atoms with Crippen LogP contribution in [0.3, 0.4) is 0 Å². The summed E-state index contributed by atoms with van der Waals surface area (Å²) < 4.78 is 0. The molecule has 33 heavy (non-hydrogen) atoms. The average Bonchev–Trinajstić information content (AvgIpc) is 3.04. The van der Waals surface area contributed by atoms with Crippen molar-refractivity contribution in [2.45, 2.75) is 46.1 Å². The van der Waals surface area contributed by atoms with Crippen LogP contribution in [-0.4, -0.2) is 39.6 Å². The monoisotopic (exact) mass is 466 g/mol. The van der Waals surface area contributed by atoms with E-state index in [0.29, 0.717) is 29.3 Å². The van der Waals surface area contributed by atoms with E-state index in [0.717, 1.165) is 22.0 Å². The SMILES string of the molecule is Cc1ccc(C(=O)[C@H](C)N(C(=O)c2ccc(Cl)cc2)N2C(=O)[C@@H]3CC[C@@H](C)C[C@H]3C2=O)cc1. The number of benzene rings is 2. The van der Waals surface area contributed by atoms with Gasteiger partial charge in [0.1, 0.15) is 6.04 Å². The Kier molecular flexibility index (Phi) is 6.39. The minimum absolute atomic E-state index is 0.242. The number of rotatable bonds is 5. The first-order chi connectivity index (χ1) is 15.7. The highest BCUT2D eigenvalue weighted by molar-refractivity contribution is 6.30. The molecule has 4 rings (SSSR count). The lowest BCUT2D eigenvalue weighted by molar-refractivity contribution is -0.156. The Bertz CT molecular complexity index is 1100. The molecule has 0 unspecified atom stereocenters. The largest absolute Gasteiger partial charge is 0.292 e. The summed E-state index contributed by atoms with van der Waals surface area (Å²) in [5.41, 5.74) is 1.65. The van der Waals surface area contributed by atoms with Gasteiger partial charge in [0, 0.05) is 16.1 Å². The molecule has 1 heterocycles. The Morgan fingerprint density at radius 1 is 0.939 bits per heavy atom. The van der Waals surface area contributed by atoms with Crippen LogP contribution in [0.2, 0.25) is 5.02 Å². The number of hydrazine groups is 1. The lowest BCUT2D eigenvalue weighted by atomic mass is 9.76. The number of aryl methyl sites for hydroxylation is 1. The van der Waals surface area contributed by atoms with E-state index in [-0.39, 0.29) is 11.3 Å². The summed E-state index contributed by atoms with van der Waals surface area (Å²) in [6.07, 6.45) is 2.07. The quantitative estimate of drug-likeness (QED) is 0.473. The number of carbonyl (C=O) groups is 4. The maximum atomic E-state index is 13.6. The van der Waals surface area contributed by atoms with Gasteiger partial charge in [0.25, 0.3) is 17.7 Å². The predicted octanol–water partition coefficient (Wildman–Crippen LogP) is 4.70. The highest BCUT2D eigenvalue weighted by atomic mass is 35.5. The normalized spacial score (nSPS) is 23.3. The molecular weight excluding hydrogens is 440 g/mol. The Morgan fingerprint density at radius 3 is 2.15 bits per heavy atom. The lowest BCUT2D eigenvalue weighted by Crippen LogP contribution is -2.56. The van der Waals surface area contributed by atoms with Gasteiger partial charge in [-0.2, -0.15) is 5.01 Å². The summed E-state index contributed by atoms with van der Waals surface area (Å²) in [6.45, 7) is 5.54. The highest BCUT2D eigenvalue weighted by Crippen LogP contribution is 2.41. The molecule has 7 heteroatoms. The molecule has 172 valence electrons. The van der Waals surface area contributed by atoms with Crippen LogP contribution in [-0.2, 0) is 9.59 Å². The van der Waals surface area contributed by atoms with Crippen LogP contribution in [0, 0.1) is 24.7 Å². The molecule has 0 radical (unpaired) electrons. The van der Waals surface area contributed by atoms with E-state index in [1.807, 2.05) is 19.1 Å². The fourth-order valence-electron chi connectivity index (χ4n) is 4.82. The van der Waals surface area contributed by atoms with Gasteiger partial charge in [0.05, 0.1) is 11.8 Å². The van der Waals surface area contributed by atoms with Crippen LogP contribution < -0.4 is 0 Å². The summed E-state index contributed by atoms with van der Waals surface area (Å²) in [5, 5.41) is 2.45. The molecule has 2 fully saturated rings. The first-order valence-electron chi connectivity index (χ1n) is 11.3. The maximum Gasteiger partial charge on any atom is 0.273 e. The molecule has 3 amide bonds. The molecule has 0 aromatic heterocycles. The van der Waals surface area contributed by atoms with Gasteiger partial charge in [-0.3, -0.25) is 19.2 Å². The number of imide groups is 1.